The molecule has 0 amide bonds. The maximum atomic E-state index is 11.3. The van der Waals surface area contributed by atoms with Crippen molar-refractivity contribution in [3.05, 3.63) is 0 Å². The van der Waals surface area contributed by atoms with Crippen LogP contribution < -0.4 is 0 Å². The second-order valence-electron chi connectivity index (χ2n) is 3.95. The zero-order chi connectivity index (χ0) is 8.27. The quantitative estimate of drug-likeness (QED) is 0.524. The molecule has 1 heteroatoms. The average Bonchev–Trinajstić information content (AvgIpc) is 1.95. The Bertz CT molecular complexity index is 140. The van der Waals surface area contributed by atoms with Crippen LogP contribution in [-0.4, -0.2) is 5.78 Å². The molecule has 0 bridgehead atoms. The lowest BCUT2D eigenvalue weighted by molar-refractivity contribution is -0.123. The summed E-state index contributed by atoms with van der Waals surface area (Å²) >= 11 is 0. The Hall–Kier alpha value is -0.330. The molecule has 1 nitrogen and oxygen atoms in total. The Kier molecular flexibility index (Phi) is 3.10. The normalized spacial score (nSPS) is 34.5. The standard InChI is InChI=1S/C10H18O/c1-8-5-3-4-6-10(11)9(2)7-8/h8-9H,3-7H2,1-2H3. The monoisotopic (exact) mass is 154 g/mol. The number of hydrogen-bond donors (Lipinski definition) is 0. The fourth-order valence-electron chi connectivity index (χ4n) is 1.89. The summed E-state index contributed by atoms with van der Waals surface area (Å²) in [5.74, 6) is 1.57. The van der Waals surface area contributed by atoms with E-state index in [1.54, 1.807) is 0 Å². The number of Topliss-reactive ketones (excluding diaryl/α,β-unsaturated/α-hetero) is 1. The van der Waals surface area contributed by atoms with Crippen LogP contribution in [0.5, 0.6) is 0 Å². The molecule has 1 saturated carbocycles. The van der Waals surface area contributed by atoms with E-state index < -0.39 is 0 Å². The van der Waals surface area contributed by atoms with Gasteiger partial charge in [-0.3, -0.25) is 4.79 Å². The molecule has 1 rings (SSSR count). The summed E-state index contributed by atoms with van der Waals surface area (Å²) in [4.78, 5) is 11.3. The van der Waals surface area contributed by atoms with Crippen molar-refractivity contribution >= 4 is 5.78 Å². The maximum Gasteiger partial charge on any atom is 0.135 e. The molecular weight excluding hydrogens is 136 g/mol. The molecule has 0 N–H and O–H groups in total. The van der Waals surface area contributed by atoms with Crippen LogP contribution in [0.15, 0.2) is 0 Å². The van der Waals surface area contributed by atoms with Crippen LogP contribution in [-0.2, 0) is 4.79 Å². The summed E-state index contributed by atoms with van der Waals surface area (Å²) < 4.78 is 0. The van der Waals surface area contributed by atoms with Crippen molar-refractivity contribution in [2.45, 2.75) is 46.0 Å². The summed E-state index contributed by atoms with van der Waals surface area (Å²) in [5.41, 5.74) is 0. The first kappa shape index (κ1) is 8.76. The number of rotatable bonds is 0. The average molecular weight is 154 g/mol. The van der Waals surface area contributed by atoms with E-state index in [0.717, 1.165) is 25.2 Å². The van der Waals surface area contributed by atoms with Crippen LogP contribution in [0.25, 0.3) is 0 Å². The van der Waals surface area contributed by atoms with E-state index >= 15 is 0 Å². The molecular formula is C10H18O. The van der Waals surface area contributed by atoms with Crippen LogP contribution >= 0.6 is 0 Å². The summed E-state index contributed by atoms with van der Waals surface area (Å²) in [5, 5.41) is 0. The second kappa shape index (κ2) is 3.89. The molecule has 0 radical (unpaired) electrons. The highest BCUT2D eigenvalue weighted by Crippen LogP contribution is 2.23. The van der Waals surface area contributed by atoms with E-state index in [-0.39, 0.29) is 0 Å². The number of carbonyl (C=O) groups excluding carboxylic acids is 1. The number of carbonyl (C=O) groups is 1. The summed E-state index contributed by atoms with van der Waals surface area (Å²) in [7, 11) is 0. The molecule has 1 fully saturated rings. The van der Waals surface area contributed by atoms with Crippen LogP contribution in [0.1, 0.15) is 46.0 Å². The number of hydrogen-bond acceptors (Lipinski definition) is 1. The van der Waals surface area contributed by atoms with E-state index in [2.05, 4.69) is 13.8 Å². The van der Waals surface area contributed by atoms with Gasteiger partial charge >= 0.3 is 0 Å². The van der Waals surface area contributed by atoms with Crippen molar-refractivity contribution in [2.75, 3.05) is 0 Å². The summed E-state index contributed by atoms with van der Waals surface area (Å²) in [6.07, 6.45) is 5.62. The van der Waals surface area contributed by atoms with Crippen molar-refractivity contribution in [1.29, 1.82) is 0 Å². The third-order valence-electron chi connectivity index (χ3n) is 2.68. The van der Waals surface area contributed by atoms with Gasteiger partial charge in [0.2, 0.25) is 0 Å². The third-order valence-corrected chi connectivity index (χ3v) is 2.68. The van der Waals surface area contributed by atoms with Crippen molar-refractivity contribution < 1.29 is 4.79 Å². The van der Waals surface area contributed by atoms with E-state index in [1.807, 2.05) is 0 Å². The molecule has 64 valence electrons. The molecule has 0 aromatic rings. The lowest BCUT2D eigenvalue weighted by Gasteiger charge is -2.19. The minimum Gasteiger partial charge on any atom is -0.299 e. The molecule has 11 heavy (non-hydrogen) atoms. The predicted molar refractivity (Wildman–Crippen MR) is 46.4 cm³/mol. The molecule has 2 atom stereocenters. The molecule has 0 aliphatic heterocycles. The molecule has 0 heterocycles. The Balaban J connectivity index is 2.45. The van der Waals surface area contributed by atoms with Gasteiger partial charge in [-0.2, -0.15) is 0 Å². The van der Waals surface area contributed by atoms with Gasteiger partial charge in [0.05, 0.1) is 0 Å². The summed E-state index contributed by atoms with van der Waals surface area (Å²) in [6, 6.07) is 0. The molecule has 2 unspecified atom stereocenters. The van der Waals surface area contributed by atoms with E-state index in [9.17, 15) is 4.79 Å². The topological polar surface area (TPSA) is 17.1 Å². The first-order valence-electron chi connectivity index (χ1n) is 4.73. The highest BCUT2D eigenvalue weighted by molar-refractivity contribution is 5.80. The van der Waals surface area contributed by atoms with Crippen molar-refractivity contribution in [3.63, 3.8) is 0 Å². The smallest absolute Gasteiger partial charge is 0.135 e. The fourth-order valence-corrected chi connectivity index (χ4v) is 1.89. The van der Waals surface area contributed by atoms with Crippen molar-refractivity contribution in [3.8, 4) is 0 Å². The minimum atomic E-state index is 0.324. The molecule has 0 aromatic heterocycles. The second-order valence-corrected chi connectivity index (χ2v) is 3.95. The van der Waals surface area contributed by atoms with Gasteiger partial charge in [0.15, 0.2) is 0 Å². The Morgan fingerprint density at radius 1 is 1.27 bits per heavy atom. The Morgan fingerprint density at radius 2 is 2.00 bits per heavy atom. The van der Waals surface area contributed by atoms with Gasteiger partial charge < -0.3 is 0 Å². The Morgan fingerprint density at radius 3 is 2.73 bits per heavy atom. The highest BCUT2D eigenvalue weighted by atomic mass is 16.1. The van der Waals surface area contributed by atoms with Crippen LogP contribution in [0.4, 0.5) is 0 Å². The SMILES string of the molecule is CC1CCCCC(=O)C(C)C1. The van der Waals surface area contributed by atoms with Gasteiger partial charge in [0.25, 0.3) is 0 Å². The molecule has 1 aliphatic rings. The third kappa shape index (κ3) is 2.64. The van der Waals surface area contributed by atoms with Gasteiger partial charge in [0, 0.05) is 12.3 Å². The fraction of sp³-hybridized carbons (Fsp3) is 0.900. The molecule has 0 saturated heterocycles. The molecule has 0 aromatic carbocycles. The van der Waals surface area contributed by atoms with Crippen LogP contribution in [0.2, 0.25) is 0 Å². The van der Waals surface area contributed by atoms with Gasteiger partial charge in [-0.05, 0) is 18.8 Å². The van der Waals surface area contributed by atoms with Crippen LogP contribution in [0.3, 0.4) is 0 Å². The number of ketones is 1. The van der Waals surface area contributed by atoms with E-state index in [0.29, 0.717) is 11.7 Å². The van der Waals surface area contributed by atoms with Crippen LogP contribution in [0, 0.1) is 11.8 Å². The first-order valence-corrected chi connectivity index (χ1v) is 4.73. The van der Waals surface area contributed by atoms with Gasteiger partial charge in [-0.25, -0.2) is 0 Å². The van der Waals surface area contributed by atoms with Crippen molar-refractivity contribution in [2.24, 2.45) is 11.8 Å². The van der Waals surface area contributed by atoms with Crippen molar-refractivity contribution in [1.82, 2.24) is 0 Å². The zero-order valence-corrected chi connectivity index (χ0v) is 7.60. The maximum absolute atomic E-state index is 11.3. The summed E-state index contributed by atoms with van der Waals surface area (Å²) in [6.45, 7) is 4.33. The molecule has 0 spiro atoms. The van der Waals surface area contributed by atoms with Gasteiger partial charge in [-0.15, -0.1) is 0 Å². The Labute approximate surface area is 69.2 Å². The lowest BCUT2D eigenvalue weighted by Crippen LogP contribution is -2.16. The van der Waals surface area contributed by atoms with Gasteiger partial charge in [0.1, 0.15) is 5.78 Å². The van der Waals surface area contributed by atoms with Gasteiger partial charge in [-0.1, -0.05) is 26.7 Å². The highest BCUT2D eigenvalue weighted by Gasteiger charge is 2.18. The zero-order valence-electron chi connectivity index (χ0n) is 7.60. The molecule has 1 aliphatic carbocycles. The minimum absolute atomic E-state index is 0.324. The van der Waals surface area contributed by atoms with E-state index in [4.69, 9.17) is 0 Å². The predicted octanol–water partition coefficient (Wildman–Crippen LogP) is 2.79. The lowest BCUT2D eigenvalue weighted by atomic mass is 9.85. The van der Waals surface area contributed by atoms with E-state index in [1.165, 1.54) is 12.8 Å². The largest absolute Gasteiger partial charge is 0.299 e. The first-order chi connectivity index (χ1) is 5.20.